The van der Waals surface area contributed by atoms with Gasteiger partial charge in [-0.15, -0.1) is 0 Å². The Bertz CT molecular complexity index is 685. The van der Waals surface area contributed by atoms with Crippen molar-refractivity contribution in [2.75, 3.05) is 37.9 Å². The molecule has 1 saturated heterocycles. The predicted octanol–water partition coefficient (Wildman–Crippen LogP) is -0.160. The molecule has 23 heavy (non-hydrogen) atoms. The number of rotatable bonds is 3. The van der Waals surface area contributed by atoms with Crippen LogP contribution >= 0.6 is 0 Å². The van der Waals surface area contributed by atoms with E-state index in [0.29, 0.717) is 11.5 Å². The number of aromatic hydroxyl groups is 1. The number of nitrogens with one attached hydrogen (secondary N) is 2. The fraction of sp³-hybridized carbons (Fsp3) is 0.353. The third-order valence-electron chi connectivity index (χ3n) is 4.52. The maximum atomic E-state index is 10.2. The van der Waals surface area contributed by atoms with E-state index >= 15 is 0 Å². The number of nitrogens with zero attached hydrogens (tertiary/aromatic N) is 1. The Morgan fingerprint density at radius 1 is 1.13 bits per heavy atom. The van der Waals surface area contributed by atoms with Gasteiger partial charge in [0.15, 0.2) is 11.5 Å². The number of anilines is 1. The highest BCUT2D eigenvalue weighted by molar-refractivity contribution is 5.51. The number of ether oxygens (including phenoxy) is 2. The Morgan fingerprint density at radius 3 is 2.65 bits per heavy atom. The summed E-state index contributed by atoms with van der Waals surface area (Å²) in [6.45, 7) is 5.11. The van der Waals surface area contributed by atoms with Gasteiger partial charge < -0.3 is 19.5 Å². The molecule has 0 unspecified atom stereocenters. The molecule has 0 bridgehead atoms. The fourth-order valence-electron chi connectivity index (χ4n) is 3.21. The van der Waals surface area contributed by atoms with Crippen LogP contribution in [-0.2, 0) is 6.54 Å². The summed E-state index contributed by atoms with van der Waals surface area (Å²) in [6.07, 6.45) is 1.96. The van der Waals surface area contributed by atoms with Gasteiger partial charge in [-0.1, -0.05) is 6.07 Å². The molecule has 6 nitrogen and oxygen atoms in total. The highest BCUT2D eigenvalue weighted by Gasteiger charge is 2.27. The Hall–Kier alpha value is -2.47. The number of fused-ring (bicyclic) bond motifs is 1. The highest BCUT2D eigenvalue weighted by atomic mass is 16.7. The molecular formula is C17H21N3O3+2. The Morgan fingerprint density at radius 2 is 1.91 bits per heavy atom. The molecule has 2 aliphatic heterocycles. The zero-order chi connectivity index (χ0) is 15.6. The molecule has 0 radical (unpaired) electrons. The standard InChI is InChI=1S/C17H19N3O3/c21-14-10-16-15(22-12-23-16)9-13(14)11-19-5-7-20(8-6-19)17-3-1-2-4-18-17/h1-4,9-10,21H,5-8,11-12H2/p+2. The van der Waals surface area contributed by atoms with Gasteiger partial charge >= 0.3 is 0 Å². The molecule has 0 atom stereocenters. The Labute approximate surface area is 134 Å². The molecule has 2 aromatic rings. The lowest BCUT2D eigenvalue weighted by molar-refractivity contribution is -0.914. The average Bonchev–Trinajstić information content (AvgIpc) is 3.04. The van der Waals surface area contributed by atoms with E-state index in [0.717, 1.165) is 49.9 Å². The largest absolute Gasteiger partial charge is 0.507 e. The highest BCUT2D eigenvalue weighted by Crippen LogP contribution is 2.37. The second-order valence-electron chi connectivity index (χ2n) is 6.00. The van der Waals surface area contributed by atoms with Crippen molar-refractivity contribution in [3.8, 4) is 17.2 Å². The second kappa shape index (κ2) is 5.96. The minimum Gasteiger partial charge on any atom is -0.507 e. The molecule has 1 aromatic carbocycles. The summed E-state index contributed by atoms with van der Waals surface area (Å²) in [7, 11) is 0. The number of quaternary nitrogens is 1. The molecule has 0 amide bonds. The molecule has 0 aliphatic carbocycles. The molecule has 4 rings (SSSR count). The van der Waals surface area contributed by atoms with E-state index in [2.05, 4.69) is 22.0 Å². The molecule has 3 heterocycles. The number of phenols is 1. The number of piperazine rings is 1. The van der Waals surface area contributed by atoms with Crippen LogP contribution in [0.1, 0.15) is 5.56 Å². The number of hydrogen-bond donors (Lipinski definition) is 2. The molecule has 6 heteroatoms. The summed E-state index contributed by atoms with van der Waals surface area (Å²) in [4.78, 5) is 7.11. The van der Waals surface area contributed by atoms with Gasteiger partial charge in [-0.2, -0.15) is 0 Å². The van der Waals surface area contributed by atoms with Gasteiger partial charge in [0.1, 0.15) is 38.5 Å². The van der Waals surface area contributed by atoms with E-state index in [4.69, 9.17) is 9.47 Å². The monoisotopic (exact) mass is 315 g/mol. The first-order valence-electron chi connectivity index (χ1n) is 7.96. The molecule has 120 valence electrons. The number of aromatic nitrogens is 1. The van der Waals surface area contributed by atoms with Gasteiger partial charge in [-0.05, 0) is 12.1 Å². The van der Waals surface area contributed by atoms with E-state index in [9.17, 15) is 5.11 Å². The second-order valence-corrected chi connectivity index (χ2v) is 6.00. The number of benzene rings is 1. The zero-order valence-electron chi connectivity index (χ0n) is 12.9. The summed E-state index contributed by atoms with van der Waals surface area (Å²) in [5, 5.41) is 10.2. The first-order valence-corrected chi connectivity index (χ1v) is 7.96. The van der Waals surface area contributed by atoms with E-state index < -0.39 is 0 Å². The summed E-state index contributed by atoms with van der Waals surface area (Å²) in [5.74, 6) is 2.82. The lowest BCUT2D eigenvalue weighted by Crippen LogP contribution is -3.13. The van der Waals surface area contributed by atoms with Gasteiger partial charge in [0.05, 0.1) is 11.8 Å². The summed E-state index contributed by atoms with van der Waals surface area (Å²) in [5.41, 5.74) is 0.920. The van der Waals surface area contributed by atoms with Crippen LogP contribution < -0.4 is 24.3 Å². The van der Waals surface area contributed by atoms with E-state index in [1.807, 2.05) is 18.3 Å². The van der Waals surface area contributed by atoms with Gasteiger partial charge in [0.2, 0.25) is 6.79 Å². The van der Waals surface area contributed by atoms with Crippen molar-refractivity contribution in [2.45, 2.75) is 6.54 Å². The van der Waals surface area contributed by atoms with Crippen molar-refractivity contribution in [1.29, 1.82) is 0 Å². The third kappa shape index (κ3) is 2.90. The molecule has 1 aromatic heterocycles. The predicted molar refractivity (Wildman–Crippen MR) is 83.8 cm³/mol. The van der Waals surface area contributed by atoms with Crippen LogP contribution in [0.4, 0.5) is 5.82 Å². The fourth-order valence-corrected chi connectivity index (χ4v) is 3.21. The van der Waals surface area contributed by atoms with Crippen molar-refractivity contribution < 1.29 is 24.5 Å². The number of phenolic OH excluding ortho intramolecular Hbond substituents is 1. The summed E-state index contributed by atoms with van der Waals surface area (Å²) < 4.78 is 10.7. The van der Waals surface area contributed by atoms with Crippen LogP contribution in [0, 0.1) is 0 Å². The number of H-pyrrole nitrogens is 1. The molecule has 1 fully saturated rings. The molecule has 0 saturated carbocycles. The Balaban J connectivity index is 1.40. The minimum absolute atomic E-state index is 0.233. The molecule has 2 aliphatic rings. The number of aromatic amines is 1. The lowest BCUT2D eigenvalue weighted by Gasteiger charge is -2.28. The lowest BCUT2D eigenvalue weighted by atomic mass is 10.1. The van der Waals surface area contributed by atoms with Gasteiger partial charge in [-0.25, -0.2) is 4.98 Å². The van der Waals surface area contributed by atoms with Crippen LogP contribution in [0.25, 0.3) is 0 Å². The summed E-state index contributed by atoms with van der Waals surface area (Å²) >= 11 is 0. The van der Waals surface area contributed by atoms with Crippen LogP contribution in [-0.4, -0.2) is 38.1 Å². The van der Waals surface area contributed by atoms with Crippen LogP contribution in [0.2, 0.25) is 0 Å². The minimum atomic E-state index is 0.233. The van der Waals surface area contributed by atoms with E-state index in [-0.39, 0.29) is 6.79 Å². The summed E-state index contributed by atoms with van der Waals surface area (Å²) in [6, 6.07) is 9.71. The van der Waals surface area contributed by atoms with Crippen molar-refractivity contribution in [3.05, 3.63) is 42.1 Å². The SMILES string of the molecule is Oc1cc2c(cc1C[NH+]1CCN(c3cccc[nH+]3)CC1)OCO2. The van der Waals surface area contributed by atoms with Crippen molar-refractivity contribution in [2.24, 2.45) is 0 Å². The maximum absolute atomic E-state index is 10.2. The van der Waals surface area contributed by atoms with Crippen molar-refractivity contribution >= 4 is 5.82 Å². The van der Waals surface area contributed by atoms with Crippen LogP contribution in [0.5, 0.6) is 17.2 Å². The third-order valence-corrected chi connectivity index (χ3v) is 4.52. The molecular weight excluding hydrogens is 294 g/mol. The topological polar surface area (TPSA) is 60.5 Å². The quantitative estimate of drug-likeness (QED) is 0.826. The van der Waals surface area contributed by atoms with E-state index in [1.165, 1.54) is 4.90 Å². The van der Waals surface area contributed by atoms with Gasteiger partial charge in [0, 0.05) is 12.1 Å². The van der Waals surface area contributed by atoms with Gasteiger partial charge in [0.25, 0.3) is 5.82 Å². The molecule has 3 N–H and O–H groups in total. The number of hydrogen-bond acceptors (Lipinski definition) is 4. The van der Waals surface area contributed by atoms with Crippen molar-refractivity contribution in [3.63, 3.8) is 0 Å². The first-order chi connectivity index (χ1) is 11.3. The maximum Gasteiger partial charge on any atom is 0.274 e. The zero-order valence-corrected chi connectivity index (χ0v) is 12.9. The average molecular weight is 315 g/mol. The van der Waals surface area contributed by atoms with Crippen LogP contribution in [0.15, 0.2) is 36.5 Å². The molecule has 0 spiro atoms. The van der Waals surface area contributed by atoms with Crippen LogP contribution in [0.3, 0.4) is 0 Å². The van der Waals surface area contributed by atoms with E-state index in [1.54, 1.807) is 6.07 Å². The smallest absolute Gasteiger partial charge is 0.274 e. The normalized spacial score (nSPS) is 17.5. The number of pyridine rings is 1. The first kappa shape index (κ1) is 14.1. The Kier molecular flexibility index (Phi) is 3.67. The van der Waals surface area contributed by atoms with Gasteiger partial charge in [-0.3, -0.25) is 4.90 Å². The van der Waals surface area contributed by atoms with Crippen molar-refractivity contribution in [1.82, 2.24) is 0 Å².